The summed E-state index contributed by atoms with van der Waals surface area (Å²) in [5.41, 5.74) is 5.80. The molecule has 1 aliphatic heterocycles. The lowest BCUT2D eigenvalue weighted by Gasteiger charge is -2.37. The van der Waals surface area contributed by atoms with Gasteiger partial charge in [0.15, 0.2) is 5.82 Å². The van der Waals surface area contributed by atoms with Crippen LogP contribution in [0.1, 0.15) is 42.1 Å². The molecule has 1 saturated heterocycles. The minimum atomic E-state index is -0.448. The van der Waals surface area contributed by atoms with Gasteiger partial charge in [-0.15, -0.1) is 0 Å². The Labute approximate surface area is 216 Å². The number of aryl methyl sites for hydroxylation is 2. The van der Waals surface area contributed by atoms with Crippen LogP contribution in [0.5, 0.6) is 0 Å². The van der Waals surface area contributed by atoms with Gasteiger partial charge in [-0.05, 0) is 25.8 Å². The van der Waals surface area contributed by atoms with Crippen LogP contribution in [-0.2, 0) is 11.2 Å². The lowest BCUT2D eigenvalue weighted by Crippen LogP contribution is -2.49. The first-order valence-electron chi connectivity index (χ1n) is 13.2. The van der Waals surface area contributed by atoms with Crippen LogP contribution in [0.3, 0.4) is 0 Å². The first-order valence-corrected chi connectivity index (χ1v) is 13.2. The average Bonchev–Trinajstić information content (AvgIpc) is 2.89. The van der Waals surface area contributed by atoms with Gasteiger partial charge >= 0.3 is 0 Å². The highest BCUT2D eigenvalue weighted by molar-refractivity contribution is 5.61. The molecule has 0 radical (unpaired) electrons. The maximum Gasteiger partial charge on any atom is 0.161 e. The second kappa shape index (κ2) is 12.9. The Hall–Kier alpha value is -2.80. The van der Waals surface area contributed by atoms with Crippen molar-refractivity contribution in [3.63, 3.8) is 0 Å². The molecule has 0 aliphatic carbocycles. The number of aliphatic hydroxyl groups is 1. The molecule has 3 aromatic rings. The predicted molar refractivity (Wildman–Crippen MR) is 147 cm³/mol. The van der Waals surface area contributed by atoms with Crippen LogP contribution < -0.4 is 4.90 Å². The Balaban J connectivity index is 1.51. The van der Waals surface area contributed by atoms with E-state index in [-0.39, 0.29) is 0 Å². The largest absolute Gasteiger partial charge is 0.389 e. The molecule has 1 atom stereocenters. The van der Waals surface area contributed by atoms with Crippen LogP contribution in [0.25, 0.3) is 11.4 Å². The van der Waals surface area contributed by atoms with Crippen molar-refractivity contribution in [3.8, 4) is 11.4 Å². The molecule has 36 heavy (non-hydrogen) atoms. The fraction of sp³-hybridized carbons (Fsp3) is 0.467. The fourth-order valence-electron chi connectivity index (χ4n) is 4.75. The summed E-state index contributed by atoms with van der Waals surface area (Å²) >= 11 is 0. The molecule has 1 aliphatic rings. The van der Waals surface area contributed by atoms with Gasteiger partial charge in [0.05, 0.1) is 12.7 Å². The first-order chi connectivity index (χ1) is 17.5. The molecule has 0 bridgehead atoms. The Morgan fingerprint density at radius 1 is 0.972 bits per heavy atom. The van der Waals surface area contributed by atoms with Gasteiger partial charge in [-0.2, -0.15) is 0 Å². The predicted octanol–water partition coefficient (Wildman–Crippen LogP) is 4.65. The minimum absolute atomic E-state index is 0.409. The van der Waals surface area contributed by atoms with Crippen LogP contribution in [-0.4, -0.2) is 72.0 Å². The zero-order valence-electron chi connectivity index (χ0n) is 22.0. The number of piperazine rings is 1. The summed E-state index contributed by atoms with van der Waals surface area (Å²) in [5.74, 6) is 1.81. The van der Waals surface area contributed by atoms with Crippen molar-refractivity contribution in [2.45, 2.75) is 46.1 Å². The molecule has 6 heteroatoms. The van der Waals surface area contributed by atoms with Gasteiger partial charge < -0.3 is 14.7 Å². The second-order valence-corrected chi connectivity index (χ2v) is 9.84. The quantitative estimate of drug-likeness (QED) is 0.397. The van der Waals surface area contributed by atoms with E-state index in [0.29, 0.717) is 13.2 Å². The lowest BCUT2D eigenvalue weighted by molar-refractivity contribution is 0.0150. The zero-order chi connectivity index (χ0) is 25.3. The second-order valence-electron chi connectivity index (χ2n) is 9.84. The van der Waals surface area contributed by atoms with E-state index in [9.17, 15) is 5.11 Å². The van der Waals surface area contributed by atoms with Gasteiger partial charge in [0.2, 0.25) is 0 Å². The molecular weight excluding hydrogens is 448 g/mol. The standard InChI is InChI=1S/C30H40N4O2/c1-4-5-18-36-22-27(35)21-33-14-16-34(17-15-33)30-28(20-25-11-9-10-23(2)19-25)24(3)31-29(32-30)26-12-7-6-8-13-26/h6-13,19,27,35H,4-5,14-18,20-22H2,1-3H3/t27-/m0/s1. The van der Waals surface area contributed by atoms with Crippen LogP contribution >= 0.6 is 0 Å². The Morgan fingerprint density at radius 2 is 1.75 bits per heavy atom. The molecule has 0 amide bonds. The molecule has 6 nitrogen and oxygen atoms in total. The van der Waals surface area contributed by atoms with Crippen molar-refractivity contribution in [2.75, 3.05) is 50.8 Å². The van der Waals surface area contributed by atoms with Crippen molar-refractivity contribution in [1.82, 2.24) is 14.9 Å². The SMILES string of the molecule is CCCCOC[C@@H](O)CN1CCN(c2nc(-c3ccccc3)nc(C)c2Cc2cccc(C)c2)CC1. The first kappa shape index (κ1) is 26.3. The molecule has 1 fully saturated rings. The van der Waals surface area contributed by atoms with Crippen LogP contribution in [0.4, 0.5) is 5.82 Å². The highest BCUT2D eigenvalue weighted by Crippen LogP contribution is 2.28. The van der Waals surface area contributed by atoms with Crippen LogP contribution in [0.15, 0.2) is 54.6 Å². The Bertz CT molecular complexity index is 1100. The number of rotatable bonds is 11. The van der Waals surface area contributed by atoms with E-state index in [0.717, 1.165) is 74.9 Å². The van der Waals surface area contributed by atoms with E-state index < -0.39 is 6.10 Å². The van der Waals surface area contributed by atoms with Crippen molar-refractivity contribution >= 4 is 5.82 Å². The number of nitrogens with zero attached hydrogens (tertiary/aromatic N) is 4. The molecule has 192 valence electrons. The van der Waals surface area contributed by atoms with Gasteiger partial charge in [-0.3, -0.25) is 4.90 Å². The number of unbranched alkanes of at least 4 members (excludes halogenated alkanes) is 1. The number of ether oxygens (including phenoxy) is 1. The van der Waals surface area contributed by atoms with Crippen LogP contribution in [0, 0.1) is 13.8 Å². The van der Waals surface area contributed by atoms with Gasteiger partial charge in [-0.25, -0.2) is 9.97 Å². The number of hydrogen-bond donors (Lipinski definition) is 1. The number of aromatic nitrogens is 2. The summed E-state index contributed by atoms with van der Waals surface area (Å²) in [6.45, 7) is 11.7. The van der Waals surface area contributed by atoms with E-state index in [1.165, 1.54) is 16.7 Å². The Kier molecular flexibility index (Phi) is 9.45. The molecule has 1 N–H and O–H groups in total. The van der Waals surface area contributed by atoms with Gasteiger partial charge in [0.25, 0.3) is 0 Å². The molecule has 4 rings (SSSR count). The summed E-state index contributed by atoms with van der Waals surface area (Å²) in [5, 5.41) is 10.4. The van der Waals surface area contributed by atoms with E-state index in [1.54, 1.807) is 0 Å². The maximum atomic E-state index is 10.4. The van der Waals surface area contributed by atoms with E-state index in [2.05, 4.69) is 67.0 Å². The summed E-state index contributed by atoms with van der Waals surface area (Å²) in [6.07, 6.45) is 2.51. The van der Waals surface area contributed by atoms with E-state index in [4.69, 9.17) is 14.7 Å². The molecular formula is C30H40N4O2. The highest BCUT2D eigenvalue weighted by Gasteiger charge is 2.24. The molecule has 2 heterocycles. The van der Waals surface area contributed by atoms with Crippen molar-refractivity contribution in [2.24, 2.45) is 0 Å². The Morgan fingerprint density at radius 3 is 2.47 bits per heavy atom. The minimum Gasteiger partial charge on any atom is -0.389 e. The fourth-order valence-corrected chi connectivity index (χ4v) is 4.75. The lowest BCUT2D eigenvalue weighted by atomic mass is 10.0. The highest BCUT2D eigenvalue weighted by atomic mass is 16.5. The van der Waals surface area contributed by atoms with Gasteiger partial charge in [0, 0.05) is 62.6 Å². The van der Waals surface area contributed by atoms with Crippen molar-refractivity contribution < 1.29 is 9.84 Å². The molecule has 0 saturated carbocycles. The topological polar surface area (TPSA) is 61.7 Å². The average molecular weight is 489 g/mol. The molecule has 0 spiro atoms. The number of benzene rings is 2. The zero-order valence-corrected chi connectivity index (χ0v) is 22.0. The van der Waals surface area contributed by atoms with Crippen LogP contribution in [0.2, 0.25) is 0 Å². The van der Waals surface area contributed by atoms with E-state index in [1.807, 2.05) is 18.2 Å². The number of hydrogen-bond acceptors (Lipinski definition) is 6. The third-order valence-corrected chi connectivity index (χ3v) is 6.78. The normalized spacial score (nSPS) is 15.3. The summed E-state index contributed by atoms with van der Waals surface area (Å²) in [7, 11) is 0. The van der Waals surface area contributed by atoms with Gasteiger partial charge in [-0.1, -0.05) is 73.5 Å². The monoisotopic (exact) mass is 488 g/mol. The van der Waals surface area contributed by atoms with E-state index >= 15 is 0 Å². The maximum absolute atomic E-state index is 10.4. The summed E-state index contributed by atoms with van der Waals surface area (Å²) < 4.78 is 5.61. The molecule has 0 unspecified atom stereocenters. The summed E-state index contributed by atoms with van der Waals surface area (Å²) in [6, 6.07) is 18.9. The number of aliphatic hydroxyl groups excluding tert-OH is 1. The van der Waals surface area contributed by atoms with Crippen molar-refractivity contribution in [1.29, 1.82) is 0 Å². The summed E-state index contributed by atoms with van der Waals surface area (Å²) in [4.78, 5) is 14.8. The molecule has 1 aromatic heterocycles. The number of β-amino-alcohol motifs (C(OH)–C–C–N with tert-alkyl or cyclic N) is 1. The molecule has 2 aromatic carbocycles. The number of anilines is 1. The third kappa shape index (κ3) is 7.12. The third-order valence-electron chi connectivity index (χ3n) is 6.78. The van der Waals surface area contributed by atoms with Gasteiger partial charge in [0.1, 0.15) is 5.82 Å². The van der Waals surface area contributed by atoms with Crippen molar-refractivity contribution in [3.05, 3.63) is 77.0 Å². The smallest absolute Gasteiger partial charge is 0.161 e.